The zero-order valence-corrected chi connectivity index (χ0v) is 15.4. The Hall–Kier alpha value is -1.31. The van der Waals surface area contributed by atoms with Crippen LogP contribution in [0.5, 0.6) is 11.5 Å². The molecule has 1 saturated heterocycles. The van der Waals surface area contributed by atoms with Crippen LogP contribution in [0.1, 0.15) is 51.1 Å². The second kappa shape index (κ2) is 6.54. The minimum Gasteiger partial charge on any atom is -0.497 e. The van der Waals surface area contributed by atoms with Crippen LogP contribution in [0.3, 0.4) is 0 Å². The van der Waals surface area contributed by atoms with Crippen LogP contribution in [0, 0.1) is 0 Å². The van der Waals surface area contributed by atoms with Crippen molar-refractivity contribution in [1.82, 2.24) is 9.03 Å². The van der Waals surface area contributed by atoms with E-state index in [-0.39, 0.29) is 6.04 Å². The minimum atomic E-state index is -3.51. The molecule has 1 unspecified atom stereocenters. The fourth-order valence-electron chi connectivity index (χ4n) is 3.42. The van der Waals surface area contributed by atoms with E-state index in [0.717, 1.165) is 24.8 Å². The average molecular weight is 354 g/mol. The number of methoxy groups -OCH3 is 1. The topological polar surface area (TPSA) is 67.9 Å². The van der Waals surface area contributed by atoms with Gasteiger partial charge in [0.25, 0.3) is 10.2 Å². The molecule has 7 heteroatoms. The largest absolute Gasteiger partial charge is 0.497 e. The van der Waals surface area contributed by atoms with E-state index in [1.54, 1.807) is 11.4 Å². The third kappa shape index (κ3) is 3.68. The predicted octanol–water partition coefficient (Wildman–Crippen LogP) is 2.62. The number of nitrogens with one attached hydrogen (secondary N) is 1. The molecular weight excluding hydrogens is 328 g/mol. The lowest BCUT2D eigenvalue weighted by molar-refractivity contribution is 0.0696. The highest BCUT2D eigenvalue weighted by Crippen LogP contribution is 2.41. The summed E-state index contributed by atoms with van der Waals surface area (Å²) in [5.74, 6) is 1.40. The standard InChI is InChI=1S/C17H26N2O4S/c1-17(2)12-15(14-11-13(22-3)7-8-16(14)23-17)18-24(20,21)19-9-5-4-6-10-19/h7-8,11,15,18H,4-6,9-10,12H2,1-3H3. The quantitative estimate of drug-likeness (QED) is 0.902. The molecule has 2 aliphatic heterocycles. The number of ether oxygens (including phenoxy) is 2. The van der Waals surface area contributed by atoms with Gasteiger partial charge in [-0.15, -0.1) is 0 Å². The molecule has 2 heterocycles. The fourth-order valence-corrected chi connectivity index (χ4v) is 4.88. The first-order valence-electron chi connectivity index (χ1n) is 8.45. The zero-order chi connectivity index (χ0) is 17.4. The molecule has 0 aliphatic carbocycles. The SMILES string of the molecule is COc1ccc2c(c1)C(NS(=O)(=O)N1CCCCC1)CC(C)(C)O2. The van der Waals surface area contributed by atoms with Crippen molar-refractivity contribution in [1.29, 1.82) is 0 Å². The summed E-state index contributed by atoms with van der Waals surface area (Å²) in [6.07, 6.45) is 3.51. The number of nitrogens with zero attached hydrogens (tertiary/aromatic N) is 1. The second-order valence-corrected chi connectivity index (χ2v) is 8.81. The molecule has 0 radical (unpaired) electrons. The van der Waals surface area contributed by atoms with Crippen LogP contribution in [0.25, 0.3) is 0 Å². The van der Waals surface area contributed by atoms with Crippen molar-refractivity contribution in [3.05, 3.63) is 23.8 Å². The summed E-state index contributed by atoms with van der Waals surface area (Å²) in [6.45, 7) is 5.13. The number of hydrogen-bond donors (Lipinski definition) is 1. The summed E-state index contributed by atoms with van der Waals surface area (Å²) < 4.78 is 41.3. The number of benzene rings is 1. The Morgan fingerprint density at radius 1 is 1.25 bits per heavy atom. The van der Waals surface area contributed by atoms with Gasteiger partial charge in [0.2, 0.25) is 0 Å². The van der Waals surface area contributed by atoms with Gasteiger partial charge in [-0.1, -0.05) is 6.42 Å². The highest BCUT2D eigenvalue weighted by Gasteiger charge is 2.37. The molecule has 1 aromatic carbocycles. The van der Waals surface area contributed by atoms with Gasteiger partial charge in [-0.2, -0.15) is 17.4 Å². The Labute approximate surface area is 144 Å². The van der Waals surface area contributed by atoms with E-state index in [1.807, 2.05) is 32.0 Å². The van der Waals surface area contributed by atoms with Crippen molar-refractivity contribution < 1.29 is 17.9 Å². The molecule has 0 saturated carbocycles. The summed E-state index contributed by atoms with van der Waals surface area (Å²) in [4.78, 5) is 0. The van der Waals surface area contributed by atoms with Gasteiger partial charge < -0.3 is 9.47 Å². The summed E-state index contributed by atoms with van der Waals surface area (Å²) >= 11 is 0. The van der Waals surface area contributed by atoms with Gasteiger partial charge in [0.1, 0.15) is 17.1 Å². The Bertz CT molecular complexity index is 697. The summed E-state index contributed by atoms with van der Waals surface area (Å²) in [6, 6.07) is 5.20. The van der Waals surface area contributed by atoms with E-state index >= 15 is 0 Å². The molecule has 1 N–H and O–H groups in total. The number of piperidine rings is 1. The van der Waals surface area contributed by atoms with Crippen molar-refractivity contribution in [2.45, 2.75) is 51.2 Å². The van der Waals surface area contributed by atoms with Crippen molar-refractivity contribution in [3.8, 4) is 11.5 Å². The van der Waals surface area contributed by atoms with Gasteiger partial charge in [0.15, 0.2) is 0 Å². The number of hydrogen-bond acceptors (Lipinski definition) is 4. The maximum absolute atomic E-state index is 12.8. The number of rotatable bonds is 4. The third-order valence-electron chi connectivity index (χ3n) is 4.62. The lowest BCUT2D eigenvalue weighted by Crippen LogP contribution is -2.47. The molecule has 134 valence electrons. The van der Waals surface area contributed by atoms with Crippen molar-refractivity contribution in [2.75, 3.05) is 20.2 Å². The van der Waals surface area contributed by atoms with E-state index in [1.165, 1.54) is 0 Å². The van der Waals surface area contributed by atoms with Crippen LogP contribution in [0.2, 0.25) is 0 Å². The maximum atomic E-state index is 12.8. The first kappa shape index (κ1) is 17.5. The summed E-state index contributed by atoms with van der Waals surface area (Å²) in [7, 11) is -1.91. The van der Waals surface area contributed by atoms with Crippen molar-refractivity contribution >= 4 is 10.2 Å². The molecular formula is C17H26N2O4S. The van der Waals surface area contributed by atoms with Crippen LogP contribution >= 0.6 is 0 Å². The molecule has 2 aliphatic rings. The fraction of sp³-hybridized carbons (Fsp3) is 0.647. The molecule has 0 aromatic heterocycles. The first-order chi connectivity index (χ1) is 11.3. The molecule has 6 nitrogen and oxygen atoms in total. The first-order valence-corrected chi connectivity index (χ1v) is 9.89. The molecule has 24 heavy (non-hydrogen) atoms. The monoisotopic (exact) mass is 354 g/mol. The molecule has 3 rings (SSSR count). The Morgan fingerprint density at radius 3 is 2.62 bits per heavy atom. The molecule has 0 bridgehead atoms. The molecule has 1 aromatic rings. The lowest BCUT2D eigenvalue weighted by atomic mass is 9.90. The third-order valence-corrected chi connectivity index (χ3v) is 6.25. The van der Waals surface area contributed by atoms with Crippen LogP contribution < -0.4 is 14.2 Å². The van der Waals surface area contributed by atoms with Gasteiger partial charge in [-0.05, 0) is 44.9 Å². The highest BCUT2D eigenvalue weighted by molar-refractivity contribution is 7.87. The van der Waals surface area contributed by atoms with Crippen LogP contribution in [-0.4, -0.2) is 38.5 Å². The zero-order valence-electron chi connectivity index (χ0n) is 14.5. The van der Waals surface area contributed by atoms with Gasteiger partial charge in [0, 0.05) is 25.1 Å². The van der Waals surface area contributed by atoms with Crippen LogP contribution in [-0.2, 0) is 10.2 Å². The van der Waals surface area contributed by atoms with E-state index in [4.69, 9.17) is 9.47 Å². The molecule has 0 amide bonds. The number of fused-ring (bicyclic) bond motifs is 1. The molecule has 1 atom stereocenters. The van der Waals surface area contributed by atoms with Gasteiger partial charge in [-0.3, -0.25) is 0 Å². The minimum absolute atomic E-state index is 0.328. The Kier molecular flexibility index (Phi) is 4.77. The summed E-state index contributed by atoms with van der Waals surface area (Å²) in [5, 5.41) is 0. The van der Waals surface area contributed by atoms with Gasteiger partial charge in [0.05, 0.1) is 13.2 Å². The molecule has 1 fully saturated rings. The van der Waals surface area contributed by atoms with Crippen molar-refractivity contribution in [3.63, 3.8) is 0 Å². The van der Waals surface area contributed by atoms with Gasteiger partial charge >= 0.3 is 0 Å². The normalized spacial score (nSPS) is 24.0. The average Bonchev–Trinajstić information content (AvgIpc) is 2.54. The Balaban J connectivity index is 1.89. The lowest BCUT2D eigenvalue weighted by Gasteiger charge is -2.38. The van der Waals surface area contributed by atoms with Crippen LogP contribution in [0.15, 0.2) is 18.2 Å². The summed E-state index contributed by atoms with van der Waals surface area (Å²) in [5.41, 5.74) is 0.394. The van der Waals surface area contributed by atoms with Crippen LogP contribution in [0.4, 0.5) is 0 Å². The van der Waals surface area contributed by atoms with Gasteiger partial charge in [-0.25, -0.2) is 0 Å². The maximum Gasteiger partial charge on any atom is 0.280 e. The smallest absolute Gasteiger partial charge is 0.280 e. The predicted molar refractivity (Wildman–Crippen MR) is 92.5 cm³/mol. The molecule has 0 spiro atoms. The second-order valence-electron chi connectivity index (χ2n) is 7.10. The Morgan fingerprint density at radius 2 is 1.96 bits per heavy atom. The van der Waals surface area contributed by atoms with E-state index in [0.29, 0.717) is 31.0 Å². The van der Waals surface area contributed by atoms with E-state index in [2.05, 4.69) is 4.72 Å². The van der Waals surface area contributed by atoms with E-state index < -0.39 is 15.8 Å². The highest BCUT2D eigenvalue weighted by atomic mass is 32.2. The van der Waals surface area contributed by atoms with E-state index in [9.17, 15) is 8.42 Å². The van der Waals surface area contributed by atoms with Crippen molar-refractivity contribution in [2.24, 2.45) is 0 Å².